The quantitative estimate of drug-likeness (QED) is 0.823. The summed E-state index contributed by atoms with van der Waals surface area (Å²) in [5, 5.41) is 0. The molecule has 0 amide bonds. The second-order valence-corrected chi connectivity index (χ2v) is 5.85. The van der Waals surface area contributed by atoms with Crippen LogP contribution in [0.4, 0.5) is 0 Å². The molecule has 0 heterocycles. The van der Waals surface area contributed by atoms with Crippen LogP contribution in [0.1, 0.15) is 6.92 Å². The summed E-state index contributed by atoms with van der Waals surface area (Å²) in [6.07, 6.45) is -0.230. The van der Waals surface area contributed by atoms with Gasteiger partial charge in [0.05, 0.1) is 0 Å². The number of nitrogens with zero attached hydrogens (tertiary/aromatic N) is 1. The first kappa shape index (κ1) is 14.0. The van der Waals surface area contributed by atoms with E-state index in [1.807, 2.05) is 37.3 Å². The summed E-state index contributed by atoms with van der Waals surface area (Å²) in [5.74, 6) is 0.726. The minimum atomic E-state index is -3.38. The van der Waals surface area contributed by atoms with Gasteiger partial charge in [0.15, 0.2) is 0 Å². The second kappa shape index (κ2) is 6.00. The van der Waals surface area contributed by atoms with E-state index in [0.29, 0.717) is 0 Å². The Hall–Kier alpha value is -1.11. The number of hydrogen-bond donors (Lipinski definition) is 1. The predicted octanol–water partition coefficient (Wildman–Crippen LogP) is 0.850. The van der Waals surface area contributed by atoms with Crippen molar-refractivity contribution in [3.8, 4) is 5.75 Å². The molecule has 96 valence electrons. The smallest absolute Gasteiger partial charge is 0.279 e. The predicted molar refractivity (Wildman–Crippen MR) is 67.1 cm³/mol. The Morgan fingerprint density at radius 1 is 1.29 bits per heavy atom. The van der Waals surface area contributed by atoms with Crippen molar-refractivity contribution in [2.45, 2.75) is 13.0 Å². The molecule has 1 N–H and O–H groups in total. The van der Waals surface area contributed by atoms with Crippen LogP contribution in [-0.4, -0.2) is 39.5 Å². The van der Waals surface area contributed by atoms with E-state index >= 15 is 0 Å². The fourth-order valence-corrected chi connectivity index (χ4v) is 1.83. The van der Waals surface area contributed by atoms with Gasteiger partial charge >= 0.3 is 0 Å². The van der Waals surface area contributed by atoms with Gasteiger partial charge in [-0.05, 0) is 19.1 Å². The third kappa shape index (κ3) is 4.72. The van der Waals surface area contributed by atoms with Gasteiger partial charge in [-0.3, -0.25) is 0 Å². The lowest BCUT2D eigenvalue weighted by molar-refractivity contribution is 0.224. The zero-order valence-electron chi connectivity index (χ0n) is 10.3. The summed E-state index contributed by atoms with van der Waals surface area (Å²) >= 11 is 0. The van der Waals surface area contributed by atoms with Crippen molar-refractivity contribution < 1.29 is 13.2 Å². The van der Waals surface area contributed by atoms with E-state index < -0.39 is 10.2 Å². The third-order valence-electron chi connectivity index (χ3n) is 2.11. The Bertz CT molecular complexity index is 431. The molecule has 1 unspecified atom stereocenters. The standard InChI is InChI=1S/C11H18N2O3S/c1-10(9-12-17(14,15)13(2)3)16-11-7-5-4-6-8-11/h4-8,10,12H,9H2,1-3H3. The minimum absolute atomic E-state index is 0.230. The van der Waals surface area contributed by atoms with E-state index in [4.69, 9.17) is 4.74 Å². The Kier molecular flexibility index (Phi) is 4.92. The molecule has 0 bridgehead atoms. The molecule has 0 spiro atoms. The van der Waals surface area contributed by atoms with Crippen LogP contribution in [0.2, 0.25) is 0 Å². The van der Waals surface area contributed by atoms with Crippen molar-refractivity contribution in [3.05, 3.63) is 30.3 Å². The number of rotatable bonds is 6. The molecule has 1 atom stereocenters. The maximum Gasteiger partial charge on any atom is 0.279 e. The van der Waals surface area contributed by atoms with Gasteiger partial charge in [0, 0.05) is 20.6 Å². The van der Waals surface area contributed by atoms with E-state index in [9.17, 15) is 8.42 Å². The molecule has 1 aromatic rings. The highest BCUT2D eigenvalue weighted by atomic mass is 32.2. The summed E-state index contributed by atoms with van der Waals surface area (Å²) < 4.78 is 32.0. The largest absolute Gasteiger partial charge is 0.489 e. The van der Waals surface area contributed by atoms with E-state index in [1.54, 1.807) is 0 Å². The van der Waals surface area contributed by atoms with Crippen molar-refractivity contribution >= 4 is 10.2 Å². The number of hydrogen-bond acceptors (Lipinski definition) is 3. The van der Waals surface area contributed by atoms with Crippen molar-refractivity contribution in [1.29, 1.82) is 0 Å². The second-order valence-electron chi connectivity index (χ2n) is 3.88. The van der Waals surface area contributed by atoms with Gasteiger partial charge in [-0.1, -0.05) is 18.2 Å². The highest BCUT2D eigenvalue weighted by Crippen LogP contribution is 2.10. The molecule has 1 rings (SSSR count). The Morgan fingerprint density at radius 3 is 2.41 bits per heavy atom. The monoisotopic (exact) mass is 258 g/mol. The van der Waals surface area contributed by atoms with E-state index in [1.165, 1.54) is 14.1 Å². The molecule has 17 heavy (non-hydrogen) atoms. The summed E-state index contributed by atoms with van der Waals surface area (Å²) in [7, 11) is -0.428. The normalized spacial score (nSPS) is 13.6. The number of benzene rings is 1. The molecule has 1 aromatic carbocycles. The Morgan fingerprint density at radius 2 is 1.88 bits per heavy atom. The van der Waals surface area contributed by atoms with Crippen LogP contribution in [0, 0.1) is 0 Å². The van der Waals surface area contributed by atoms with Gasteiger partial charge in [-0.15, -0.1) is 0 Å². The highest BCUT2D eigenvalue weighted by molar-refractivity contribution is 7.87. The van der Waals surface area contributed by atoms with Crippen molar-refractivity contribution in [2.24, 2.45) is 0 Å². The summed E-state index contributed by atoms with van der Waals surface area (Å²) in [4.78, 5) is 0. The molecule has 0 aliphatic heterocycles. The fourth-order valence-electron chi connectivity index (χ4n) is 1.12. The van der Waals surface area contributed by atoms with Crippen molar-refractivity contribution in [3.63, 3.8) is 0 Å². The van der Waals surface area contributed by atoms with E-state index in [2.05, 4.69) is 4.72 Å². The fraction of sp³-hybridized carbons (Fsp3) is 0.455. The average Bonchev–Trinajstić information content (AvgIpc) is 2.28. The van der Waals surface area contributed by atoms with Crippen LogP contribution in [-0.2, 0) is 10.2 Å². The number of para-hydroxylation sites is 1. The molecule has 0 fully saturated rings. The maximum absolute atomic E-state index is 11.4. The molecule has 6 heteroatoms. The van der Waals surface area contributed by atoms with E-state index in [0.717, 1.165) is 10.1 Å². The van der Waals surface area contributed by atoms with Crippen LogP contribution < -0.4 is 9.46 Å². The van der Waals surface area contributed by atoms with Gasteiger partial charge in [-0.25, -0.2) is 0 Å². The van der Waals surface area contributed by atoms with Crippen LogP contribution in [0.25, 0.3) is 0 Å². The van der Waals surface area contributed by atoms with Gasteiger partial charge in [0.2, 0.25) is 0 Å². The molecule has 5 nitrogen and oxygen atoms in total. The van der Waals surface area contributed by atoms with E-state index in [-0.39, 0.29) is 12.6 Å². The topological polar surface area (TPSA) is 58.6 Å². The number of ether oxygens (including phenoxy) is 1. The van der Waals surface area contributed by atoms with Crippen molar-refractivity contribution in [2.75, 3.05) is 20.6 Å². The molecule has 0 aromatic heterocycles. The number of nitrogens with one attached hydrogen (secondary N) is 1. The molecule has 0 saturated carbocycles. The Labute approximate surface area is 103 Å². The first-order valence-corrected chi connectivity index (χ1v) is 6.74. The first-order valence-electron chi connectivity index (χ1n) is 5.30. The zero-order valence-corrected chi connectivity index (χ0v) is 11.1. The van der Waals surface area contributed by atoms with Crippen LogP contribution >= 0.6 is 0 Å². The van der Waals surface area contributed by atoms with Gasteiger partial charge in [0.1, 0.15) is 11.9 Å². The highest BCUT2D eigenvalue weighted by Gasteiger charge is 2.14. The van der Waals surface area contributed by atoms with Gasteiger partial charge < -0.3 is 4.74 Å². The lowest BCUT2D eigenvalue weighted by atomic mass is 10.3. The first-order chi connectivity index (χ1) is 7.92. The average molecular weight is 258 g/mol. The third-order valence-corrected chi connectivity index (χ3v) is 3.61. The van der Waals surface area contributed by atoms with Crippen LogP contribution in [0.15, 0.2) is 30.3 Å². The van der Waals surface area contributed by atoms with Gasteiger partial charge in [-0.2, -0.15) is 17.4 Å². The van der Waals surface area contributed by atoms with Crippen LogP contribution in [0.5, 0.6) is 5.75 Å². The van der Waals surface area contributed by atoms with Crippen LogP contribution in [0.3, 0.4) is 0 Å². The molecule has 0 saturated heterocycles. The van der Waals surface area contributed by atoms with Gasteiger partial charge in [0.25, 0.3) is 10.2 Å². The molecular formula is C11H18N2O3S. The summed E-state index contributed by atoms with van der Waals surface area (Å²) in [6, 6.07) is 9.29. The van der Waals surface area contributed by atoms with Crippen molar-refractivity contribution in [1.82, 2.24) is 9.03 Å². The zero-order chi connectivity index (χ0) is 12.9. The molecule has 0 aliphatic carbocycles. The molecular weight excluding hydrogens is 240 g/mol. The molecule has 0 aliphatic rings. The minimum Gasteiger partial charge on any atom is -0.489 e. The summed E-state index contributed by atoms with van der Waals surface area (Å²) in [6.45, 7) is 2.04. The molecule has 0 radical (unpaired) electrons. The maximum atomic E-state index is 11.4. The Balaban J connectivity index is 2.44. The summed E-state index contributed by atoms with van der Waals surface area (Å²) in [5.41, 5.74) is 0. The SMILES string of the molecule is CC(CNS(=O)(=O)N(C)C)Oc1ccccc1. The lowest BCUT2D eigenvalue weighted by Gasteiger charge is -2.17. The lowest BCUT2D eigenvalue weighted by Crippen LogP contribution is -2.40.